The third-order valence-electron chi connectivity index (χ3n) is 6.82. The van der Waals surface area contributed by atoms with Crippen LogP contribution in [-0.2, 0) is 21.4 Å². The number of rotatable bonds is 7. The minimum Gasteiger partial charge on any atom is -0.442 e. The Labute approximate surface area is 205 Å². The Hall–Kier alpha value is -3.11. The summed E-state index contributed by atoms with van der Waals surface area (Å²) in [5.74, 6) is -0.116. The number of nitrogens with zero attached hydrogens (tertiary/aromatic N) is 3. The monoisotopic (exact) mass is 497 g/mol. The van der Waals surface area contributed by atoms with Crippen molar-refractivity contribution < 1.29 is 17.6 Å². The molecule has 2 saturated heterocycles. The van der Waals surface area contributed by atoms with Gasteiger partial charge in [0.15, 0.2) is 5.76 Å². The molecule has 2 aromatic heterocycles. The molecule has 1 amide bonds. The summed E-state index contributed by atoms with van der Waals surface area (Å²) >= 11 is 0. The first-order valence-corrected chi connectivity index (χ1v) is 13.7. The lowest BCUT2D eigenvalue weighted by Crippen LogP contribution is -2.45. The zero-order chi connectivity index (χ0) is 24.3. The molecule has 2 aliphatic heterocycles. The summed E-state index contributed by atoms with van der Waals surface area (Å²) in [6.45, 7) is 3.12. The van der Waals surface area contributed by atoms with Gasteiger partial charge in [0, 0.05) is 44.6 Å². The second-order valence-corrected chi connectivity index (χ2v) is 11.1. The zero-order valence-electron chi connectivity index (χ0n) is 19.7. The van der Waals surface area contributed by atoms with Gasteiger partial charge in [0.25, 0.3) is 10.0 Å². The zero-order valence-corrected chi connectivity index (χ0v) is 20.5. The van der Waals surface area contributed by atoms with Gasteiger partial charge in [-0.1, -0.05) is 12.1 Å². The van der Waals surface area contributed by atoms with Gasteiger partial charge in [-0.25, -0.2) is 8.42 Å². The topological polar surface area (TPSA) is 112 Å². The molecule has 0 saturated carbocycles. The highest BCUT2D eigenvalue weighted by Gasteiger charge is 2.35. The van der Waals surface area contributed by atoms with Gasteiger partial charge < -0.3 is 14.6 Å². The molecule has 2 N–H and O–H groups in total. The van der Waals surface area contributed by atoms with Crippen molar-refractivity contribution in [2.24, 2.45) is 5.92 Å². The van der Waals surface area contributed by atoms with E-state index in [4.69, 9.17) is 4.42 Å². The molecule has 35 heavy (non-hydrogen) atoms. The van der Waals surface area contributed by atoms with E-state index in [-0.39, 0.29) is 17.5 Å². The number of hydrogen-bond acceptors (Lipinski definition) is 6. The van der Waals surface area contributed by atoms with Crippen molar-refractivity contribution in [3.05, 3.63) is 54.2 Å². The lowest BCUT2D eigenvalue weighted by Gasteiger charge is -2.30. The number of hydrogen-bond donors (Lipinski definition) is 2. The standard InChI is InChI=1S/C25H31N5O4S/c31-25(26-17-19-6-8-21(9-7-19)29-14-2-1-3-15-29)20-5-4-16-30(18-20)35(32,33)24-11-10-23(34-24)22-12-13-27-28-22/h6-13,20H,1-5,14-18H2,(H,26,31)(H,27,28)/t20-/m0/s1. The summed E-state index contributed by atoms with van der Waals surface area (Å²) in [5, 5.41) is 9.49. The number of aromatic nitrogens is 2. The largest absolute Gasteiger partial charge is 0.442 e. The fourth-order valence-electron chi connectivity index (χ4n) is 4.81. The van der Waals surface area contributed by atoms with Crippen molar-refractivity contribution in [1.82, 2.24) is 19.8 Å². The number of H-pyrrole nitrogens is 1. The Balaban J connectivity index is 1.17. The molecule has 186 valence electrons. The molecule has 0 unspecified atom stereocenters. The van der Waals surface area contributed by atoms with Crippen molar-refractivity contribution in [1.29, 1.82) is 0 Å². The van der Waals surface area contributed by atoms with Crippen LogP contribution in [-0.4, -0.2) is 55.0 Å². The first-order chi connectivity index (χ1) is 17.0. The maximum Gasteiger partial charge on any atom is 0.276 e. The summed E-state index contributed by atoms with van der Waals surface area (Å²) in [6.07, 6.45) is 6.62. The predicted octanol–water partition coefficient (Wildman–Crippen LogP) is 3.38. The second kappa shape index (κ2) is 10.2. The first kappa shape index (κ1) is 23.6. The Bertz CT molecular complexity index is 1230. The molecule has 0 bridgehead atoms. The van der Waals surface area contributed by atoms with Gasteiger partial charge in [-0.15, -0.1) is 0 Å². The number of carbonyl (C=O) groups excluding carboxylic acids is 1. The van der Waals surface area contributed by atoms with Crippen LogP contribution in [0.25, 0.3) is 11.5 Å². The molecule has 0 aliphatic carbocycles. The maximum absolute atomic E-state index is 13.2. The molecule has 0 spiro atoms. The molecule has 10 heteroatoms. The van der Waals surface area contributed by atoms with Crippen molar-refractivity contribution in [3.8, 4) is 11.5 Å². The van der Waals surface area contributed by atoms with Crippen LogP contribution in [0.1, 0.15) is 37.7 Å². The number of nitrogens with one attached hydrogen (secondary N) is 2. The van der Waals surface area contributed by atoms with E-state index in [1.165, 1.54) is 35.3 Å². The molecule has 5 rings (SSSR count). The van der Waals surface area contributed by atoms with Crippen molar-refractivity contribution >= 4 is 21.6 Å². The number of amides is 1. The summed E-state index contributed by atoms with van der Waals surface area (Å²) in [4.78, 5) is 15.3. The highest BCUT2D eigenvalue weighted by molar-refractivity contribution is 7.89. The van der Waals surface area contributed by atoms with E-state index in [0.717, 1.165) is 18.7 Å². The molecule has 4 heterocycles. The van der Waals surface area contributed by atoms with E-state index in [1.807, 2.05) is 0 Å². The number of aromatic amines is 1. The van der Waals surface area contributed by atoms with Crippen LogP contribution in [0.15, 0.2) is 58.2 Å². The van der Waals surface area contributed by atoms with E-state index in [0.29, 0.717) is 37.4 Å². The molecular formula is C25H31N5O4S. The fourth-order valence-corrected chi connectivity index (χ4v) is 6.24. The minimum absolute atomic E-state index is 0.123. The van der Waals surface area contributed by atoms with Crippen LogP contribution >= 0.6 is 0 Å². The molecular weight excluding hydrogens is 466 g/mol. The maximum atomic E-state index is 13.2. The number of sulfonamides is 1. The van der Waals surface area contributed by atoms with Crippen molar-refractivity contribution in [3.63, 3.8) is 0 Å². The van der Waals surface area contributed by atoms with E-state index < -0.39 is 15.9 Å². The third-order valence-corrected chi connectivity index (χ3v) is 8.56. The Morgan fingerprint density at radius 1 is 1.03 bits per heavy atom. The Morgan fingerprint density at radius 2 is 1.83 bits per heavy atom. The highest BCUT2D eigenvalue weighted by atomic mass is 32.2. The number of benzene rings is 1. The molecule has 3 aromatic rings. The van der Waals surface area contributed by atoms with E-state index >= 15 is 0 Å². The van der Waals surface area contributed by atoms with Crippen LogP contribution in [0.3, 0.4) is 0 Å². The first-order valence-electron chi connectivity index (χ1n) is 12.2. The lowest BCUT2D eigenvalue weighted by molar-refractivity contribution is -0.126. The lowest BCUT2D eigenvalue weighted by atomic mass is 9.98. The SMILES string of the molecule is O=C(NCc1ccc(N2CCCCC2)cc1)[C@H]1CCCN(S(=O)(=O)c2ccc(-c3ccn[nH]3)o2)C1. The smallest absolute Gasteiger partial charge is 0.276 e. The number of carbonyl (C=O) groups is 1. The number of furan rings is 1. The summed E-state index contributed by atoms with van der Waals surface area (Å²) in [7, 11) is -3.83. The Morgan fingerprint density at radius 3 is 2.57 bits per heavy atom. The van der Waals surface area contributed by atoms with Crippen molar-refractivity contribution in [2.75, 3.05) is 31.1 Å². The molecule has 0 radical (unpaired) electrons. The van der Waals surface area contributed by atoms with E-state index in [9.17, 15) is 13.2 Å². The summed E-state index contributed by atoms with van der Waals surface area (Å²) in [6, 6.07) is 13.1. The number of anilines is 1. The summed E-state index contributed by atoms with van der Waals surface area (Å²) in [5.41, 5.74) is 2.86. The second-order valence-electron chi connectivity index (χ2n) is 9.22. The van der Waals surface area contributed by atoms with Crippen LogP contribution in [0.4, 0.5) is 5.69 Å². The fraction of sp³-hybridized carbons (Fsp3) is 0.440. The highest BCUT2D eigenvalue weighted by Crippen LogP contribution is 2.28. The van der Waals surface area contributed by atoms with Gasteiger partial charge in [0.1, 0.15) is 5.69 Å². The molecule has 1 atom stereocenters. The van der Waals surface area contributed by atoms with Gasteiger partial charge in [-0.05, 0) is 68.0 Å². The predicted molar refractivity (Wildman–Crippen MR) is 132 cm³/mol. The molecule has 2 fully saturated rings. The normalized spacial score (nSPS) is 19.5. The molecule has 9 nitrogen and oxygen atoms in total. The van der Waals surface area contributed by atoms with Crippen LogP contribution in [0, 0.1) is 5.92 Å². The minimum atomic E-state index is -3.83. The van der Waals surface area contributed by atoms with Gasteiger partial charge in [-0.3, -0.25) is 9.89 Å². The molecule has 1 aromatic carbocycles. The average molecular weight is 498 g/mol. The average Bonchev–Trinajstić information content (AvgIpc) is 3.61. The third kappa shape index (κ3) is 5.28. The van der Waals surface area contributed by atoms with Crippen LogP contribution in [0.2, 0.25) is 0 Å². The van der Waals surface area contributed by atoms with Crippen LogP contribution in [0.5, 0.6) is 0 Å². The van der Waals surface area contributed by atoms with Crippen molar-refractivity contribution in [2.45, 2.75) is 43.7 Å². The Kier molecular flexibility index (Phi) is 6.92. The van der Waals surface area contributed by atoms with Crippen LogP contribution < -0.4 is 10.2 Å². The quantitative estimate of drug-likeness (QED) is 0.518. The van der Waals surface area contributed by atoms with Gasteiger partial charge in [-0.2, -0.15) is 9.40 Å². The van der Waals surface area contributed by atoms with Gasteiger partial charge in [0.2, 0.25) is 11.0 Å². The van der Waals surface area contributed by atoms with E-state index in [1.54, 1.807) is 18.3 Å². The summed E-state index contributed by atoms with van der Waals surface area (Å²) < 4.78 is 33.2. The van der Waals surface area contributed by atoms with Gasteiger partial charge >= 0.3 is 0 Å². The van der Waals surface area contributed by atoms with Gasteiger partial charge in [0.05, 0.1) is 5.92 Å². The number of piperidine rings is 2. The van der Waals surface area contributed by atoms with E-state index in [2.05, 4.69) is 44.7 Å². The molecule has 2 aliphatic rings.